The second-order valence-electron chi connectivity index (χ2n) is 15.1. The van der Waals surface area contributed by atoms with Gasteiger partial charge >= 0.3 is 0 Å². The summed E-state index contributed by atoms with van der Waals surface area (Å²) in [6.07, 6.45) is 17.5. The van der Waals surface area contributed by atoms with Gasteiger partial charge in [0.05, 0.1) is 39.6 Å². The Morgan fingerprint density at radius 2 is 0.556 bits per heavy atom. The van der Waals surface area contributed by atoms with Crippen molar-refractivity contribution in [2.75, 3.05) is 39.6 Å². The molecule has 0 amide bonds. The predicted octanol–water partition coefficient (Wildman–Crippen LogP) is 14.4. The maximum Gasteiger partial charge on any atom is 0.161 e. The van der Waals surface area contributed by atoms with Crippen molar-refractivity contribution in [3.63, 3.8) is 0 Å². The lowest BCUT2D eigenvalue weighted by Gasteiger charge is -2.21. The minimum absolute atomic E-state index is 0.431. The fourth-order valence-electron chi connectivity index (χ4n) is 6.71. The molecule has 0 bridgehead atoms. The van der Waals surface area contributed by atoms with Gasteiger partial charge in [-0.2, -0.15) is 0 Å². The van der Waals surface area contributed by atoms with Crippen molar-refractivity contribution < 1.29 is 28.4 Å². The first-order valence-electron chi connectivity index (χ1n) is 21.8. The molecule has 1 atom stereocenters. The Labute approximate surface area is 327 Å². The number of rotatable bonds is 29. The van der Waals surface area contributed by atoms with E-state index in [-0.39, 0.29) is 0 Å². The molecular weight excluding hydrogens is 673 g/mol. The summed E-state index contributed by atoms with van der Waals surface area (Å²) in [5, 5.41) is 6.60. The Morgan fingerprint density at radius 1 is 0.333 bits per heavy atom. The molecule has 4 aromatic rings. The third-order valence-corrected chi connectivity index (χ3v) is 10.4. The highest BCUT2D eigenvalue weighted by molar-refractivity contribution is 6.26. The standard InChI is InChI=1S/C48H72O6/c1-8-14-19-24-49-43-29-37-38-30-44(50-25-20-15-9-2)46(52-27-22-17-11-4)32-40(38)42-34-48(54-35-36(7)13-6)47(53-28-23-18-12-5)33-41(42)39(37)31-45(43)51-26-21-16-10-3/h29-34,36H,8-28,35H2,1-7H3/t36-/m0/s1. The highest BCUT2D eigenvalue weighted by atomic mass is 16.5. The van der Waals surface area contributed by atoms with E-state index in [1.54, 1.807) is 0 Å². The van der Waals surface area contributed by atoms with E-state index in [1.807, 2.05) is 0 Å². The van der Waals surface area contributed by atoms with E-state index in [4.69, 9.17) is 28.4 Å². The van der Waals surface area contributed by atoms with Gasteiger partial charge in [-0.1, -0.05) is 119 Å². The van der Waals surface area contributed by atoms with E-state index in [9.17, 15) is 0 Å². The third kappa shape index (κ3) is 12.5. The van der Waals surface area contributed by atoms with Crippen molar-refractivity contribution in [1.82, 2.24) is 0 Å². The van der Waals surface area contributed by atoms with Crippen LogP contribution in [-0.4, -0.2) is 39.6 Å². The van der Waals surface area contributed by atoms with Crippen molar-refractivity contribution in [1.29, 1.82) is 0 Å². The normalized spacial score (nSPS) is 12.1. The van der Waals surface area contributed by atoms with Crippen LogP contribution in [0.3, 0.4) is 0 Å². The van der Waals surface area contributed by atoms with Gasteiger partial charge in [-0.15, -0.1) is 0 Å². The first kappa shape index (κ1) is 43.2. The molecule has 0 aromatic heterocycles. The molecule has 4 rings (SSSR count). The lowest BCUT2D eigenvalue weighted by Crippen LogP contribution is -2.09. The van der Waals surface area contributed by atoms with Crippen LogP contribution >= 0.6 is 0 Å². The number of benzene rings is 4. The maximum atomic E-state index is 6.60. The summed E-state index contributed by atoms with van der Waals surface area (Å²) in [6, 6.07) is 13.2. The minimum Gasteiger partial charge on any atom is -0.490 e. The predicted molar refractivity (Wildman–Crippen MR) is 229 cm³/mol. The molecule has 0 radical (unpaired) electrons. The van der Waals surface area contributed by atoms with E-state index in [2.05, 4.69) is 84.9 Å². The van der Waals surface area contributed by atoms with Crippen LogP contribution < -0.4 is 28.4 Å². The molecule has 0 fully saturated rings. The van der Waals surface area contributed by atoms with Crippen molar-refractivity contribution >= 4 is 32.3 Å². The van der Waals surface area contributed by atoms with Crippen LogP contribution in [0, 0.1) is 5.92 Å². The zero-order valence-corrected chi connectivity index (χ0v) is 35.0. The number of hydrogen-bond donors (Lipinski definition) is 0. The van der Waals surface area contributed by atoms with Gasteiger partial charge in [-0.3, -0.25) is 0 Å². The van der Waals surface area contributed by atoms with E-state index in [0.717, 1.165) is 170 Å². The van der Waals surface area contributed by atoms with Crippen molar-refractivity contribution in [3.8, 4) is 34.5 Å². The first-order valence-corrected chi connectivity index (χ1v) is 21.8. The molecule has 0 unspecified atom stereocenters. The smallest absolute Gasteiger partial charge is 0.161 e. The SMILES string of the molecule is CCCCCOc1cc2c3cc(OCCCCC)c(OCCCCC)cc3c3cc(OC[C@@H](C)CC)c(OCCCCC)cc3c2cc1OCCCCC. The molecule has 0 spiro atoms. The quantitative estimate of drug-likeness (QED) is 0.0408. The molecule has 6 nitrogen and oxygen atoms in total. The molecule has 300 valence electrons. The van der Waals surface area contributed by atoms with Crippen LogP contribution in [0.4, 0.5) is 0 Å². The fraction of sp³-hybridized carbons (Fsp3) is 0.625. The first-order chi connectivity index (χ1) is 26.5. The largest absolute Gasteiger partial charge is 0.490 e. The topological polar surface area (TPSA) is 55.4 Å². The van der Waals surface area contributed by atoms with Gasteiger partial charge in [-0.25, -0.2) is 0 Å². The zero-order valence-electron chi connectivity index (χ0n) is 35.0. The third-order valence-electron chi connectivity index (χ3n) is 10.4. The van der Waals surface area contributed by atoms with Gasteiger partial charge in [0.15, 0.2) is 34.5 Å². The highest BCUT2D eigenvalue weighted by Gasteiger charge is 2.21. The second-order valence-corrected chi connectivity index (χ2v) is 15.1. The zero-order chi connectivity index (χ0) is 38.5. The second kappa shape index (κ2) is 24.1. The van der Waals surface area contributed by atoms with Crippen molar-refractivity contribution in [2.24, 2.45) is 5.92 Å². The van der Waals surface area contributed by atoms with E-state index in [1.165, 1.54) is 0 Å². The average molecular weight is 745 g/mol. The summed E-state index contributed by atoms with van der Waals surface area (Å²) in [5.41, 5.74) is 0. The minimum atomic E-state index is 0.431. The maximum absolute atomic E-state index is 6.60. The summed E-state index contributed by atoms with van der Waals surface area (Å²) in [7, 11) is 0. The Balaban J connectivity index is 2.02. The summed E-state index contributed by atoms with van der Waals surface area (Å²) in [4.78, 5) is 0. The molecule has 0 saturated carbocycles. The van der Waals surface area contributed by atoms with Gasteiger partial charge in [0.1, 0.15) is 0 Å². The summed E-state index contributed by atoms with van der Waals surface area (Å²) < 4.78 is 39.3. The lowest BCUT2D eigenvalue weighted by molar-refractivity contribution is 0.233. The molecule has 0 saturated heterocycles. The molecule has 54 heavy (non-hydrogen) atoms. The molecular formula is C48H72O6. The van der Waals surface area contributed by atoms with Gasteiger partial charge in [0, 0.05) is 0 Å². The van der Waals surface area contributed by atoms with Crippen LogP contribution in [0.5, 0.6) is 34.5 Å². The van der Waals surface area contributed by atoms with Crippen LogP contribution in [0.2, 0.25) is 0 Å². The number of ether oxygens (including phenoxy) is 6. The van der Waals surface area contributed by atoms with Gasteiger partial charge in [-0.05, 0) is 107 Å². The van der Waals surface area contributed by atoms with E-state index < -0.39 is 0 Å². The van der Waals surface area contributed by atoms with Crippen LogP contribution in [0.25, 0.3) is 32.3 Å². The summed E-state index contributed by atoms with van der Waals surface area (Å²) >= 11 is 0. The van der Waals surface area contributed by atoms with E-state index >= 15 is 0 Å². The Morgan fingerprint density at radius 3 is 0.759 bits per heavy atom. The van der Waals surface area contributed by atoms with Crippen molar-refractivity contribution in [2.45, 2.75) is 151 Å². The van der Waals surface area contributed by atoms with Gasteiger partial charge in [0.2, 0.25) is 0 Å². The van der Waals surface area contributed by atoms with Gasteiger partial charge < -0.3 is 28.4 Å². The van der Waals surface area contributed by atoms with Crippen molar-refractivity contribution in [3.05, 3.63) is 36.4 Å². The van der Waals surface area contributed by atoms with Crippen LogP contribution in [0.1, 0.15) is 151 Å². The van der Waals surface area contributed by atoms with Gasteiger partial charge in [0.25, 0.3) is 0 Å². The molecule has 0 aliphatic carbocycles. The van der Waals surface area contributed by atoms with E-state index in [0.29, 0.717) is 45.6 Å². The monoisotopic (exact) mass is 745 g/mol. The molecule has 0 N–H and O–H groups in total. The lowest BCUT2D eigenvalue weighted by atomic mass is 9.93. The average Bonchev–Trinajstić information content (AvgIpc) is 3.19. The summed E-state index contributed by atoms with van der Waals surface area (Å²) in [5.74, 6) is 5.20. The molecule has 4 aromatic carbocycles. The van der Waals surface area contributed by atoms with Crippen LogP contribution in [-0.2, 0) is 0 Å². The van der Waals surface area contributed by atoms with Crippen LogP contribution in [0.15, 0.2) is 36.4 Å². The number of fused-ring (bicyclic) bond motifs is 6. The molecule has 0 aliphatic heterocycles. The molecule has 0 aliphatic rings. The molecule has 0 heterocycles. The Kier molecular flexibility index (Phi) is 19.3. The fourth-order valence-corrected chi connectivity index (χ4v) is 6.71. The molecule has 6 heteroatoms. The number of unbranched alkanes of at least 4 members (excludes halogenated alkanes) is 10. The Hall–Kier alpha value is -3.54. The number of hydrogen-bond acceptors (Lipinski definition) is 6. The summed E-state index contributed by atoms with van der Waals surface area (Å²) in [6.45, 7) is 19.5. The highest BCUT2D eigenvalue weighted by Crippen LogP contribution is 2.47. The Bertz CT molecular complexity index is 1630.